The van der Waals surface area contributed by atoms with Crippen LogP contribution in [0.5, 0.6) is 0 Å². The first-order valence-electron chi connectivity index (χ1n) is 15.0. The molecular formula is C40H56O4. The van der Waals surface area contributed by atoms with E-state index >= 15 is 0 Å². The van der Waals surface area contributed by atoms with Crippen LogP contribution in [0, 0.1) is 0 Å². The van der Waals surface area contributed by atoms with Gasteiger partial charge in [-0.3, -0.25) is 0 Å². The van der Waals surface area contributed by atoms with Crippen molar-refractivity contribution < 1.29 is 20.4 Å². The highest BCUT2D eigenvalue weighted by Crippen LogP contribution is 2.12. The summed E-state index contributed by atoms with van der Waals surface area (Å²) in [5.41, 5.74) is 4.15. The fraction of sp³-hybridized carbons (Fsp3) is 0.350. The van der Waals surface area contributed by atoms with Crippen LogP contribution >= 0.6 is 0 Å². The van der Waals surface area contributed by atoms with Gasteiger partial charge in [0.25, 0.3) is 0 Å². The molecule has 0 rings (SSSR count). The predicted octanol–water partition coefficient (Wildman–Crippen LogP) is 8.82. The normalized spacial score (nSPS) is 17.8. The molecule has 2 atom stereocenters. The van der Waals surface area contributed by atoms with E-state index in [0.29, 0.717) is 0 Å². The highest BCUT2D eigenvalue weighted by atomic mass is 16.3. The molecule has 0 aliphatic heterocycles. The SMILES string of the molecule is CC(/C=C/C=C(C)/C=C/C=C(C)/C=C/[C@@H](O)C(C)(C)O)=C\C=C\C=C(C)\C=C\C=C(C)\C=C\C=C(C)\C=C\[C@@H](O)C(C)(C)O. The fourth-order valence-electron chi connectivity index (χ4n) is 3.11. The molecule has 0 aliphatic rings. The fourth-order valence-corrected chi connectivity index (χ4v) is 3.11. The van der Waals surface area contributed by atoms with Crippen molar-refractivity contribution in [3.8, 4) is 0 Å². The first kappa shape index (κ1) is 40.5. The molecule has 0 aromatic rings. The molecule has 0 fully saturated rings. The average molecular weight is 601 g/mol. The molecule has 0 aromatic heterocycles. The van der Waals surface area contributed by atoms with Crippen LogP contribution in [0.15, 0.2) is 155 Å². The van der Waals surface area contributed by atoms with Gasteiger partial charge in [-0.25, -0.2) is 0 Å². The molecule has 0 saturated carbocycles. The summed E-state index contributed by atoms with van der Waals surface area (Å²) < 4.78 is 0. The first-order chi connectivity index (χ1) is 20.4. The molecule has 4 nitrogen and oxygen atoms in total. The van der Waals surface area contributed by atoms with Crippen LogP contribution in [0.2, 0.25) is 0 Å². The molecule has 0 bridgehead atoms. The Balaban J connectivity index is 4.87. The molecule has 0 radical (unpaired) electrons. The van der Waals surface area contributed by atoms with E-state index in [9.17, 15) is 20.4 Å². The van der Waals surface area contributed by atoms with E-state index in [1.807, 2.05) is 101 Å². The number of aliphatic hydroxyl groups is 4. The third-order valence-electron chi connectivity index (χ3n) is 6.23. The minimum atomic E-state index is -1.16. The Labute approximate surface area is 267 Å². The van der Waals surface area contributed by atoms with Gasteiger partial charge >= 0.3 is 0 Å². The Kier molecular flexibility index (Phi) is 19.5. The standard InChI is InChI=1S/C40H56O4/c1-31(19-13-21-33(3)23-15-25-35(5)27-29-37(41)39(7,8)43)17-11-12-18-32(2)20-14-22-34(4)24-16-26-36(6)28-30-38(42)40(9,10)44/h11-30,37-38,41-44H,1-10H3/b12-11+,19-13+,20-14+,23-15+,24-16+,29-27+,30-28+,31-17+,32-18+,33-21+,34-22+,35-25+,36-26+/t37-,38-/m1/s1. The lowest BCUT2D eigenvalue weighted by atomic mass is 10.0. The van der Waals surface area contributed by atoms with E-state index in [-0.39, 0.29) is 0 Å². The van der Waals surface area contributed by atoms with Crippen molar-refractivity contribution in [1.82, 2.24) is 0 Å². The summed E-state index contributed by atoms with van der Waals surface area (Å²) in [7, 11) is 0. The van der Waals surface area contributed by atoms with Crippen LogP contribution < -0.4 is 0 Å². The molecular weight excluding hydrogens is 544 g/mol. The predicted molar refractivity (Wildman–Crippen MR) is 191 cm³/mol. The van der Waals surface area contributed by atoms with E-state index in [1.165, 1.54) is 0 Å². The van der Waals surface area contributed by atoms with Crippen molar-refractivity contribution in [2.45, 2.75) is 92.6 Å². The molecule has 0 aromatic carbocycles. The van der Waals surface area contributed by atoms with Crippen molar-refractivity contribution in [3.63, 3.8) is 0 Å². The van der Waals surface area contributed by atoms with Crippen molar-refractivity contribution in [2.75, 3.05) is 0 Å². The zero-order valence-corrected chi connectivity index (χ0v) is 28.5. The van der Waals surface area contributed by atoms with E-state index in [2.05, 4.69) is 38.2 Å². The molecule has 0 spiro atoms. The number of rotatable bonds is 16. The summed E-state index contributed by atoms with van der Waals surface area (Å²) in [6.07, 6.45) is 37.3. The van der Waals surface area contributed by atoms with Crippen molar-refractivity contribution in [1.29, 1.82) is 0 Å². The van der Waals surface area contributed by atoms with Gasteiger partial charge in [0.05, 0.1) is 11.2 Å². The number of aliphatic hydroxyl groups excluding tert-OH is 2. The molecule has 0 aliphatic carbocycles. The van der Waals surface area contributed by atoms with E-state index in [0.717, 1.165) is 33.4 Å². The lowest BCUT2D eigenvalue weighted by Crippen LogP contribution is -2.34. The second-order valence-electron chi connectivity index (χ2n) is 12.2. The second-order valence-corrected chi connectivity index (χ2v) is 12.2. The highest BCUT2D eigenvalue weighted by molar-refractivity contribution is 5.33. The Morgan fingerprint density at radius 2 is 0.591 bits per heavy atom. The van der Waals surface area contributed by atoms with Gasteiger partial charge in [0.15, 0.2) is 0 Å². The van der Waals surface area contributed by atoms with Crippen LogP contribution in [0.1, 0.15) is 69.2 Å². The van der Waals surface area contributed by atoms with Gasteiger partial charge in [0, 0.05) is 0 Å². The second kappa shape index (κ2) is 21.2. The maximum absolute atomic E-state index is 9.87. The van der Waals surface area contributed by atoms with E-state index < -0.39 is 23.4 Å². The number of allylic oxidation sites excluding steroid dienone is 24. The summed E-state index contributed by atoms with van der Waals surface area (Å²) in [6, 6.07) is 0. The first-order valence-corrected chi connectivity index (χ1v) is 15.0. The largest absolute Gasteiger partial charge is 0.387 e. The van der Waals surface area contributed by atoms with Crippen LogP contribution in [-0.4, -0.2) is 43.8 Å². The number of hydrogen-bond donors (Lipinski definition) is 4. The van der Waals surface area contributed by atoms with Crippen molar-refractivity contribution in [2.24, 2.45) is 0 Å². The number of hydrogen-bond acceptors (Lipinski definition) is 4. The quantitative estimate of drug-likeness (QED) is 0.133. The van der Waals surface area contributed by atoms with Gasteiger partial charge in [-0.2, -0.15) is 0 Å². The van der Waals surface area contributed by atoms with Gasteiger partial charge in [-0.1, -0.05) is 155 Å². The zero-order valence-electron chi connectivity index (χ0n) is 28.5. The minimum Gasteiger partial charge on any atom is -0.387 e. The summed E-state index contributed by atoms with van der Waals surface area (Å²) in [5.74, 6) is 0. The summed E-state index contributed by atoms with van der Waals surface area (Å²) in [4.78, 5) is 0. The monoisotopic (exact) mass is 600 g/mol. The third kappa shape index (κ3) is 22.1. The Morgan fingerprint density at radius 3 is 0.818 bits per heavy atom. The maximum Gasteiger partial charge on any atom is 0.101 e. The van der Waals surface area contributed by atoms with Crippen molar-refractivity contribution >= 4 is 0 Å². The highest BCUT2D eigenvalue weighted by Gasteiger charge is 2.21. The van der Waals surface area contributed by atoms with Gasteiger partial charge in [-0.05, 0) is 69.2 Å². The van der Waals surface area contributed by atoms with E-state index in [4.69, 9.17) is 0 Å². The summed E-state index contributed by atoms with van der Waals surface area (Å²) in [5, 5.41) is 39.3. The van der Waals surface area contributed by atoms with Crippen LogP contribution in [0.4, 0.5) is 0 Å². The van der Waals surface area contributed by atoms with Crippen molar-refractivity contribution in [3.05, 3.63) is 155 Å². The third-order valence-corrected chi connectivity index (χ3v) is 6.23. The van der Waals surface area contributed by atoms with Gasteiger partial charge in [-0.15, -0.1) is 0 Å². The Morgan fingerprint density at radius 1 is 0.386 bits per heavy atom. The van der Waals surface area contributed by atoms with Crippen LogP contribution in [-0.2, 0) is 0 Å². The molecule has 0 amide bonds. The molecule has 0 saturated heterocycles. The Hall–Kier alpha value is -3.54. The maximum atomic E-state index is 9.87. The molecule has 4 N–H and O–H groups in total. The van der Waals surface area contributed by atoms with Gasteiger partial charge in [0.2, 0.25) is 0 Å². The van der Waals surface area contributed by atoms with Crippen LogP contribution in [0.25, 0.3) is 0 Å². The summed E-state index contributed by atoms with van der Waals surface area (Å²) >= 11 is 0. The minimum absolute atomic E-state index is 0.909. The lowest BCUT2D eigenvalue weighted by Gasteiger charge is -2.21. The summed E-state index contributed by atoms with van der Waals surface area (Å²) in [6.45, 7) is 18.4. The van der Waals surface area contributed by atoms with Gasteiger partial charge in [0.1, 0.15) is 12.2 Å². The lowest BCUT2D eigenvalue weighted by molar-refractivity contribution is -0.0227. The Bertz CT molecular complexity index is 1180. The zero-order chi connectivity index (χ0) is 33.8. The topological polar surface area (TPSA) is 80.9 Å². The average Bonchev–Trinajstić information content (AvgIpc) is 2.91. The molecule has 240 valence electrons. The van der Waals surface area contributed by atoms with Crippen LogP contribution in [0.3, 0.4) is 0 Å². The van der Waals surface area contributed by atoms with Gasteiger partial charge < -0.3 is 20.4 Å². The molecule has 4 heteroatoms. The van der Waals surface area contributed by atoms with E-state index in [1.54, 1.807) is 52.0 Å². The molecule has 0 unspecified atom stereocenters. The molecule has 44 heavy (non-hydrogen) atoms. The molecule has 0 heterocycles. The smallest absolute Gasteiger partial charge is 0.101 e.